The van der Waals surface area contributed by atoms with E-state index in [1.807, 2.05) is 60.7 Å². The lowest BCUT2D eigenvalue weighted by atomic mass is 9.98. The van der Waals surface area contributed by atoms with E-state index in [9.17, 15) is 32.7 Å². The molecular weight excluding hydrogens is 507 g/mol. The standard InChI is InChI=1S/C24H25N3O4.C2HF3O2/c25-15-7-14-20(24(30)31)26-22(28)19-13-8-16-27(23(19)29)21(17-9-3-1-4-10-17)18-11-5-2-6-12-18;3-2(4,5)1(6)7/h1-6,8-13,16,20-21H,7,14-15,25H2,(H,26,28)(H,30,31);(H,6,7)/t20-;/m0./s1. The van der Waals surface area contributed by atoms with Crippen LogP contribution in [0.4, 0.5) is 13.2 Å². The summed E-state index contributed by atoms with van der Waals surface area (Å²) in [5.74, 6) is -4.64. The molecule has 202 valence electrons. The van der Waals surface area contributed by atoms with E-state index in [1.54, 1.807) is 12.3 Å². The average Bonchev–Trinajstić information content (AvgIpc) is 2.88. The quantitative estimate of drug-likeness (QED) is 0.330. The first-order chi connectivity index (χ1) is 18.0. The van der Waals surface area contributed by atoms with E-state index in [0.29, 0.717) is 13.0 Å². The lowest BCUT2D eigenvalue weighted by Gasteiger charge is -2.22. The van der Waals surface area contributed by atoms with Gasteiger partial charge in [0.1, 0.15) is 11.6 Å². The SMILES string of the molecule is NCCC[C@H](NC(=O)c1cccn(C(c2ccccc2)c2ccccc2)c1=O)C(=O)O.O=C(O)C(F)(F)F. The number of nitrogens with zero attached hydrogens (tertiary/aromatic N) is 1. The number of carboxylic acids is 2. The molecule has 0 radical (unpaired) electrons. The molecule has 9 nitrogen and oxygen atoms in total. The number of nitrogens with one attached hydrogen (secondary N) is 1. The van der Waals surface area contributed by atoms with Crippen molar-refractivity contribution in [3.8, 4) is 0 Å². The largest absolute Gasteiger partial charge is 0.490 e. The second-order valence-electron chi connectivity index (χ2n) is 7.96. The van der Waals surface area contributed by atoms with E-state index < -0.39 is 41.7 Å². The fourth-order valence-corrected chi connectivity index (χ4v) is 3.49. The molecule has 3 aromatic rings. The van der Waals surface area contributed by atoms with Crippen molar-refractivity contribution in [1.29, 1.82) is 0 Å². The van der Waals surface area contributed by atoms with Crippen molar-refractivity contribution in [2.75, 3.05) is 6.54 Å². The van der Waals surface area contributed by atoms with Crippen molar-refractivity contribution >= 4 is 17.8 Å². The number of carbonyl (C=O) groups excluding carboxylic acids is 1. The van der Waals surface area contributed by atoms with E-state index in [-0.39, 0.29) is 12.0 Å². The van der Waals surface area contributed by atoms with Crippen molar-refractivity contribution in [2.24, 2.45) is 5.73 Å². The third-order valence-electron chi connectivity index (χ3n) is 5.27. The smallest absolute Gasteiger partial charge is 0.480 e. The van der Waals surface area contributed by atoms with Crippen molar-refractivity contribution < 1.29 is 37.8 Å². The van der Waals surface area contributed by atoms with Crippen LogP contribution in [0.3, 0.4) is 0 Å². The summed E-state index contributed by atoms with van der Waals surface area (Å²) in [6.45, 7) is 0.313. The molecule has 5 N–H and O–H groups in total. The molecule has 0 saturated carbocycles. The third-order valence-corrected chi connectivity index (χ3v) is 5.27. The molecule has 0 aliphatic carbocycles. The maximum Gasteiger partial charge on any atom is 0.490 e. The number of rotatable bonds is 9. The van der Waals surface area contributed by atoms with Crippen LogP contribution in [-0.4, -0.2) is 51.4 Å². The number of aromatic nitrogens is 1. The van der Waals surface area contributed by atoms with Crippen molar-refractivity contribution in [3.05, 3.63) is 106 Å². The van der Waals surface area contributed by atoms with Crippen LogP contribution in [-0.2, 0) is 9.59 Å². The molecular formula is C26H26F3N3O6. The number of nitrogens with two attached hydrogens (primary N) is 1. The second kappa shape index (κ2) is 13.7. The van der Waals surface area contributed by atoms with Gasteiger partial charge in [-0.3, -0.25) is 9.59 Å². The molecule has 1 amide bonds. The molecule has 0 bridgehead atoms. The summed E-state index contributed by atoms with van der Waals surface area (Å²) in [5.41, 5.74) is 6.61. The van der Waals surface area contributed by atoms with Gasteiger partial charge in [-0.05, 0) is 42.6 Å². The summed E-state index contributed by atoms with van der Waals surface area (Å²) in [7, 11) is 0. The highest BCUT2D eigenvalue weighted by atomic mass is 19.4. The number of aliphatic carboxylic acids is 2. The fourth-order valence-electron chi connectivity index (χ4n) is 3.49. The minimum absolute atomic E-state index is 0.113. The van der Waals surface area contributed by atoms with E-state index in [0.717, 1.165) is 11.1 Å². The summed E-state index contributed by atoms with van der Waals surface area (Å²) in [6, 6.07) is 20.5. The Morgan fingerprint density at radius 2 is 1.39 bits per heavy atom. The van der Waals surface area contributed by atoms with Gasteiger partial charge in [0.05, 0.1) is 6.04 Å². The first-order valence-corrected chi connectivity index (χ1v) is 11.3. The van der Waals surface area contributed by atoms with Crippen molar-refractivity contribution in [3.63, 3.8) is 0 Å². The molecule has 0 fully saturated rings. The summed E-state index contributed by atoms with van der Waals surface area (Å²) >= 11 is 0. The molecule has 2 aromatic carbocycles. The highest BCUT2D eigenvalue weighted by Gasteiger charge is 2.38. The van der Waals surface area contributed by atoms with E-state index >= 15 is 0 Å². The predicted octanol–water partition coefficient (Wildman–Crippen LogP) is 3.04. The van der Waals surface area contributed by atoms with Gasteiger partial charge in [0.2, 0.25) is 0 Å². The predicted molar refractivity (Wildman–Crippen MR) is 132 cm³/mol. The van der Waals surface area contributed by atoms with Crippen LogP contribution in [0, 0.1) is 0 Å². The minimum Gasteiger partial charge on any atom is -0.480 e. The topological polar surface area (TPSA) is 152 Å². The number of hydrogen-bond acceptors (Lipinski definition) is 5. The molecule has 0 saturated heterocycles. The summed E-state index contributed by atoms with van der Waals surface area (Å²) in [4.78, 5) is 46.4. The molecule has 0 unspecified atom stereocenters. The Morgan fingerprint density at radius 1 is 0.895 bits per heavy atom. The summed E-state index contributed by atoms with van der Waals surface area (Å²) in [6.07, 6.45) is -2.82. The van der Waals surface area contributed by atoms with Crippen LogP contribution in [0.25, 0.3) is 0 Å². The van der Waals surface area contributed by atoms with Crippen molar-refractivity contribution in [1.82, 2.24) is 9.88 Å². The van der Waals surface area contributed by atoms with E-state index in [2.05, 4.69) is 5.32 Å². The van der Waals surface area contributed by atoms with Gasteiger partial charge in [0.25, 0.3) is 11.5 Å². The van der Waals surface area contributed by atoms with Gasteiger partial charge in [-0.2, -0.15) is 13.2 Å². The van der Waals surface area contributed by atoms with Gasteiger partial charge in [-0.15, -0.1) is 0 Å². The molecule has 1 atom stereocenters. The number of benzene rings is 2. The molecule has 0 aliphatic heterocycles. The zero-order chi connectivity index (χ0) is 28.3. The number of halogens is 3. The van der Waals surface area contributed by atoms with E-state index in [4.69, 9.17) is 15.6 Å². The summed E-state index contributed by atoms with van der Waals surface area (Å²) in [5, 5.41) is 18.9. The van der Waals surface area contributed by atoms with Crippen LogP contribution in [0.2, 0.25) is 0 Å². The van der Waals surface area contributed by atoms with Crippen molar-refractivity contribution in [2.45, 2.75) is 31.1 Å². The van der Waals surface area contributed by atoms with Crippen LogP contribution < -0.4 is 16.6 Å². The monoisotopic (exact) mass is 533 g/mol. The zero-order valence-electron chi connectivity index (χ0n) is 20.0. The number of alkyl halides is 3. The van der Waals surface area contributed by atoms with Gasteiger partial charge in [-0.25, -0.2) is 9.59 Å². The van der Waals surface area contributed by atoms with Gasteiger partial charge >= 0.3 is 18.1 Å². The van der Waals surface area contributed by atoms with Crippen LogP contribution >= 0.6 is 0 Å². The van der Waals surface area contributed by atoms with Gasteiger partial charge in [0.15, 0.2) is 0 Å². The lowest BCUT2D eigenvalue weighted by Crippen LogP contribution is -2.43. The van der Waals surface area contributed by atoms with Crippen LogP contribution in [0.15, 0.2) is 83.8 Å². The maximum absolute atomic E-state index is 13.3. The third kappa shape index (κ3) is 8.30. The molecule has 1 heterocycles. The lowest BCUT2D eigenvalue weighted by molar-refractivity contribution is -0.192. The number of amides is 1. The van der Waals surface area contributed by atoms with Gasteiger partial charge < -0.3 is 25.8 Å². The maximum atomic E-state index is 13.3. The van der Waals surface area contributed by atoms with Gasteiger partial charge in [0, 0.05) is 6.20 Å². The van der Waals surface area contributed by atoms with Gasteiger partial charge in [-0.1, -0.05) is 60.7 Å². The zero-order valence-corrected chi connectivity index (χ0v) is 20.0. The molecule has 38 heavy (non-hydrogen) atoms. The van der Waals surface area contributed by atoms with Crippen LogP contribution in [0.5, 0.6) is 0 Å². The molecule has 12 heteroatoms. The molecule has 3 rings (SSSR count). The van der Waals surface area contributed by atoms with E-state index in [1.165, 1.54) is 10.6 Å². The Kier molecular flexibility index (Phi) is 10.8. The number of carbonyl (C=O) groups is 3. The Bertz CT molecular complexity index is 1240. The Balaban J connectivity index is 0.000000638. The second-order valence-corrected chi connectivity index (χ2v) is 7.96. The Hall–Kier alpha value is -4.45. The first-order valence-electron chi connectivity index (χ1n) is 11.3. The first kappa shape index (κ1) is 29.8. The molecule has 0 spiro atoms. The molecule has 1 aromatic heterocycles. The Morgan fingerprint density at radius 3 is 1.82 bits per heavy atom. The number of hydrogen-bond donors (Lipinski definition) is 4. The average molecular weight is 534 g/mol. The van der Waals surface area contributed by atoms with Crippen LogP contribution in [0.1, 0.15) is 40.4 Å². The minimum atomic E-state index is -5.08. The molecule has 0 aliphatic rings. The fraction of sp³-hybridized carbons (Fsp3) is 0.231. The number of carboxylic acid groups (broad SMARTS) is 2. The normalized spacial score (nSPS) is 11.7. The number of pyridine rings is 1. The summed E-state index contributed by atoms with van der Waals surface area (Å²) < 4.78 is 33.2. The highest BCUT2D eigenvalue weighted by Crippen LogP contribution is 2.25. The highest BCUT2D eigenvalue weighted by molar-refractivity contribution is 5.96. The Labute approximate surface area is 215 Å².